The van der Waals surface area contributed by atoms with Crippen molar-refractivity contribution in [2.75, 3.05) is 13.6 Å². The Labute approximate surface area is 152 Å². The summed E-state index contributed by atoms with van der Waals surface area (Å²) in [6.07, 6.45) is 0.290. The normalized spacial score (nSPS) is 26.8. The highest BCUT2D eigenvalue weighted by molar-refractivity contribution is 5.80. The highest BCUT2D eigenvalue weighted by Gasteiger charge is 2.41. The maximum atomic E-state index is 12.8. The lowest BCUT2D eigenvalue weighted by atomic mass is 9.95. The van der Waals surface area contributed by atoms with E-state index in [-0.39, 0.29) is 12.0 Å². The number of fused-ring (bicyclic) bond motifs is 2. The number of aliphatic imine (C=N–C) groups is 1. The first-order valence-electron chi connectivity index (χ1n) is 9.16. The number of nitrogens with zero attached hydrogens (tertiary/aromatic N) is 1. The highest BCUT2D eigenvalue weighted by atomic mass is 19.4. The molecule has 1 aromatic rings. The van der Waals surface area contributed by atoms with Gasteiger partial charge >= 0.3 is 6.18 Å². The summed E-state index contributed by atoms with van der Waals surface area (Å²) in [7, 11) is 1.72. The van der Waals surface area contributed by atoms with Gasteiger partial charge in [-0.25, -0.2) is 0 Å². The molecule has 1 aromatic carbocycles. The van der Waals surface area contributed by atoms with Gasteiger partial charge in [0.25, 0.3) is 0 Å². The van der Waals surface area contributed by atoms with Crippen LogP contribution in [-0.4, -0.2) is 37.8 Å². The smallest absolute Gasteiger partial charge is 0.373 e. The monoisotopic (exact) mass is 369 g/mol. The molecule has 7 heteroatoms. The number of rotatable bonds is 5. The Kier molecular flexibility index (Phi) is 5.75. The van der Waals surface area contributed by atoms with Gasteiger partial charge in [-0.2, -0.15) is 13.2 Å². The predicted molar refractivity (Wildman–Crippen MR) is 95.3 cm³/mol. The van der Waals surface area contributed by atoms with E-state index in [1.807, 2.05) is 6.92 Å². The van der Waals surface area contributed by atoms with E-state index in [2.05, 4.69) is 15.6 Å². The van der Waals surface area contributed by atoms with Gasteiger partial charge in [-0.1, -0.05) is 25.1 Å². The van der Waals surface area contributed by atoms with Crippen molar-refractivity contribution in [3.8, 4) is 0 Å². The molecular formula is C19H26F3N3O. The molecule has 2 aliphatic heterocycles. The maximum absolute atomic E-state index is 12.8. The summed E-state index contributed by atoms with van der Waals surface area (Å²) in [5, 5.41) is 6.67. The van der Waals surface area contributed by atoms with Crippen LogP contribution >= 0.6 is 0 Å². The molecule has 4 nitrogen and oxygen atoms in total. The van der Waals surface area contributed by atoms with Gasteiger partial charge in [-0.05, 0) is 43.2 Å². The molecule has 2 heterocycles. The quantitative estimate of drug-likeness (QED) is 0.615. The largest absolute Gasteiger partial charge is 0.416 e. The van der Waals surface area contributed by atoms with Crippen molar-refractivity contribution in [3.63, 3.8) is 0 Å². The first-order valence-corrected chi connectivity index (χ1v) is 9.16. The van der Waals surface area contributed by atoms with Gasteiger partial charge in [0.2, 0.25) is 0 Å². The van der Waals surface area contributed by atoms with Gasteiger partial charge in [0.15, 0.2) is 5.96 Å². The van der Waals surface area contributed by atoms with E-state index >= 15 is 0 Å². The van der Waals surface area contributed by atoms with E-state index in [4.69, 9.17) is 4.74 Å². The Bertz CT molecular complexity index is 647. The van der Waals surface area contributed by atoms with E-state index in [0.717, 1.165) is 37.7 Å². The van der Waals surface area contributed by atoms with Crippen LogP contribution in [0.25, 0.3) is 0 Å². The van der Waals surface area contributed by atoms with Crippen LogP contribution in [0.4, 0.5) is 13.2 Å². The molecule has 4 atom stereocenters. The van der Waals surface area contributed by atoms with Crippen molar-refractivity contribution in [1.29, 1.82) is 0 Å². The van der Waals surface area contributed by atoms with Gasteiger partial charge in [0.1, 0.15) is 0 Å². The molecule has 26 heavy (non-hydrogen) atoms. The number of alkyl halides is 3. The van der Waals surface area contributed by atoms with Crippen LogP contribution in [0.1, 0.15) is 49.7 Å². The van der Waals surface area contributed by atoms with Crippen molar-refractivity contribution in [1.82, 2.24) is 10.6 Å². The number of halogens is 3. The van der Waals surface area contributed by atoms with E-state index in [1.165, 1.54) is 12.1 Å². The zero-order valence-corrected chi connectivity index (χ0v) is 15.1. The minimum absolute atomic E-state index is 0.0220. The molecule has 4 unspecified atom stereocenters. The zero-order valence-electron chi connectivity index (χ0n) is 15.1. The second-order valence-electron chi connectivity index (χ2n) is 7.17. The van der Waals surface area contributed by atoms with Gasteiger partial charge in [-0.15, -0.1) is 0 Å². The summed E-state index contributed by atoms with van der Waals surface area (Å²) in [5.74, 6) is 0.746. The van der Waals surface area contributed by atoms with Crippen molar-refractivity contribution < 1.29 is 17.9 Å². The van der Waals surface area contributed by atoms with Crippen LogP contribution in [0.3, 0.4) is 0 Å². The summed E-state index contributed by atoms with van der Waals surface area (Å²) in [5.41, 5.74) is 0.106. The van der Waals surface area contributed by atoms with Gasteiger partial charge in [0.05, 0.1) is 23.8 Å². The average Bonchev–Trinajstić information content (AvgIpc) is 3.23. The average molecular weight is 369 g/mol. The molecule has 2 fully saturated rings. The number of benzene rings is 1. The molecule has 0 aromatic heterocycles. The summed E-state index contributed by atoms with van der Waals surface area (Å²) >= 11 is 0. The lowest BCUT2D eigenvalue weighted by molar-refractivity contribution is -0.137. The van der Waals surface area contributed by atoms with Crippen LogP contribution in [0.15, 0.2) is 29.3 Å². The summed E-state index contributed by atoms with van der Waals surface area (Å²) in [6.45, 7) is 2.58. The van der Waals surface area contributed by atoms with Crippen molar-refractivity contribution in [2.24, 2.45) is 4.99 Å². The zero-order chi connectivity index (χ0) is 18.7. The van der Waals surface area contributed by atoms with Crippen LogP contribution in [-0.2, 0) is 10.9 Å². The molecular weight excluding hydrogens is 343 g/mol. The number of guanidine groups is 1. The first-order chi connectivity index (χ1) is 12.4. The Balaban J connectivity index is 1.47. The maximum Gasteiger partial charge on any atom is 0.416 e. The van der Waals surface area contributed by atoms with E-state index in [1.54, 1.807) is 13.1 Å². The third-order valence-corrected chi connectivity index (χ3v) is 5.30. The standard InChI is InChI=1S/C19H26F3N3O/c1-12(13-4-3-5-14(10-13)19(20,21)22)8-9-24-18(23-2)25-16-11-15-6-7-17(16)26-15/h3-5,10,12,15-17H,6-9,11H2,1-2H3,(H2,23,24,25). The molecule has 0 amide bonds. The second-order valence-corrected chi connectivity index (χ2v) is 7.17. The van der Waals surface area contributed by atoms with Crippen LogP contribution in [0, 0.1) is 0 Å². The lowest BCUT2D eigenvalue weighted by Gasteiger charge is -2.23. The summed E-state index contributed by atoms with van der Waals surface area (Å²) < 4.78 is 44.4. The Morgan fingerprint density at radius 3 is 2.77 bits per heavy atom. The molecule has 3 rings (SSSR count). The number of hydrogen-bond acceptors (Lipinski definition) is 2. The fraction of sp³-hybridized carbons (Fsp3) is 0.632. The van der Waals surface area contributed by atoms with Crippen LogP contribution in [0.5, 0.6) is 0 Å². The number of hydrogen-bond donors (Lipinski definition) is 2. The molecule has 144 valence electrons. The highest BCUT2D eigenvalue weighted by Crippen LogP contribution is 2.34. The van der Waals surface area contributed by atoms with Gasteiger partial charge in [-0.3, -0.25) is 4.99 Å². The van der Waals surface area contributed by atoms with Crippen molar-refractivity contribution >= 4 is 5.96 Å². The number of ether oxygens (including phenoxy) is 1. The van der Waals surface area contributed by atoms with Crippen molar-refractivity contribution in [2.45, 2.75) is 63.0 Å². The molecule has 0 spiro atoms. The minimum Gasteiger partial charge on any atom is -0.373 e. The van der Waals surface area contributed by atoms with Crippen LogP contribution in [0.2, 0.25) is 0 Å². The number of nitrogens with one attached hydrogen (secondary N) is 2. The van der Waals surface area contributed by atoms with E-state index in [9.17, 15) is 13.2 Å². The predicted octanol–water partition coefficient (Wildman–Crippen LogP) is 3.68. The molecule has 2 N–H and O–H groups in total. The summed E-state index contributed by atoms with van der Waals surface area (Å²) in [6, 6.07) is 5.86. The third-order valence-electron chi connectivity index (χ3n) is 5.30. The Morgan fingerprint density at radius 2 is 2.15 bits per heavy atom. The SMILES string of the molecule is CN=C(NCCC(C)c1cccc(C(F)(F)F)c1)NC1CC2CCC1O2. The molecule has 2 bridgehead atoms. The van der Waals surface area contributed by atoms with Crippen molar-refractivity contribution in [3.05, 3.63) is 35.4 Å². The van der Waals surface area contributed by atoms with Gasteiger partial charge in [0, 0.05) is 13.6 Å². The first kappa shape index (κ1) is 19.0. The Morgan fingerprint density at radius 1 is 1.35 bits per heavy atom. The molecule has 0 radical (unpaired) electrons. The fourth-order valence-electron chi connectivity index (χ4n) is 3.76. The summed E-state index contributed by atoms with van der Waals surface area (Å²) in [4.78, 5) is 4.24. The van der Waals surface area contributed by atoms with E-state index in [0.29, 0.717) is 24.3 Å². The molecule has 0 aliphatic carbocycles. The molecule has 2 saturated heterocycles. The third kappa shape index (κ3) is 4.50. The Hall–Kier alpha value is -1.76. The fourth-order valence-corrected chi connectivity index (χ4v) is 3.76. The lowest BCUT2D eigenvalue weighted by Crippen LogP contribution is -2.47. The van der Waals surface area contributed by atoms with E-state index < -0.39 is 11.7 Å². The minimum atomic E-state index is -4.30. The topological polar surface area (TPSA) is 45.7 Å². The van der Waals surface area contributed by atoms with Crippen LogP contribution < -0.4 is 10.6 Å². The van der Waals surface area contributed by atoms with Gasteiger partial charge < -0.3 is 15.4 Å². The molecule has 0 saturated carbocycles. The second kappa shape index (κ2) is 7.86. The molecule has 2 aliphatic rings.